The molecule has 5 heteroatoms. The highest BCUT2D eigenvalue weighted by Crippen LogP contribution is 2.22. The summed E-state index contributed by atoms with van der Waals surface area (Å²) in [5, 5.41) is 3.61. The molecule has 2 aromatic heterocycles. The molecule has 28 heavy (non-hydrogen) atoms. The van der Waals surface area contributed by atoms with E-state index in [-0.39, 0.29) is 5.78 Å². The predicted molar refractivity (Wildman–Crippen MR) is 114 cm³/mol. The summed E-state index contributed by atoms with van der Waals surface area (Å²) in [5.41, 5.74) is 2.99. The van der Waals surface area contributed by atoms with Crippen molar-refractivity contribution in [3.63, 3.8) is 0 Å². The second kappa shape index (κ2) is 9.28. The summed E-state index contributed by atoms with van der Waals surface area (Å²) >= 11 is 0. The molecule has 1 N–H and O–H groups in total. The van der Waals surface area contributed by atoms with Crippen LogP contribution in [0.5, 0.6) is 0 Å². The quantitative estimate of drug-likeness (QED) is 0.741. The van der Waals surface area contributed by atoms with E-state index in [1.807, 2.05) is 19.1 Å². The zero-order chi connectivity index (χ0) is 20.1. The Hall–Kier alpha value is -2.27. The van der Waals surface area contributed by atoms with E-state index in [0.29, 0.717) is 23.2 Å². The number of anilines is 1. The van der Waals surface area contributed by atoms with E-state index >= 15 is 0 Å². The van der Waals surface area contributed by atoms with Crippen molar-refractivity contribution in [3.8, 4) is 0 Å². The van der Waals surface area contributed by atoms with Crippen LogP contribution in [0.1, 0.15) is 60.9 Å². The summed E-state index contributed by atoms with van der Waals surface area (Å²) in [6.07, 6.45) is 4.70. The van der Waals surface area contributed by atoms with Crippen molar-refractivity contribution >= 4 is 11.6 Å². The number of aromatic nitrogens is 2. The maximum Gasteiger partial charge on any atom is 0.213 e. The SMILES string of the molecule is CCCc1ccc(N2CCN[C@@H](CC(C)C)C2)nc1C(=O)c1cccnc1C. The average molecular weight is 381 g/mol. The Bertz CT molecular complexity index is 818. The van der Waals surface area contributed by atoms with E-state index in [1.54, 1.807) is 6.20 Å². The summed E-state index contributed by atoms with van der Waals surface area (Å²) in [7, 11) is 0. The molecular weight excluding hydrogens is 348 g/mol. The summed E-state index contributed by atoms with van der Waals surface area (Å²) in [5.74, 6) is 1.54. The van der Waals surface area contributed by atoms with Gasteiger partial charge in [-0.05, 0) is 49.4 Å². The molecule has 3 heterocycles. The number of hydrogen-bond acceptors (Lipinski definition) is 5. The highest BCUT2D eigenvalue weighted by Gasteiger charge is 2.24. The minimum absolute atomic E-state index is 0.0234. The van der Waals surface area contributed by atoms with Gasteiger partial charge in [0.1, 0.15) is 11.5 Å². The van der Waals surface area contributed by atoms with Crippen molar-refractivity contribution in [1.82, 2.24) is 15.3 Å². The maximum atomic E-state index is 13.3. The first kappa shape index (κ1) is 20.5. The number of aryl methyl sites for hydroxylation is 2. The van der Waals surface area contributed by atoms with Crippen LogP contribution in [0.15, 0.2) is 30.5 Å². The van der Waals surface area contributed by atoms with Crippen molar-refractivity contribution < 1.29 is 4.79 Å². The second-order valence-corrected chi connectivity index (χ2v) is 8.12. The zero-order valence-electron chi connectivity index (χ0n) is 17.5. The molecule has 1 fully saturated rings. The molecule has 0 aromatic carbocycles. The number of nitrogens with zero attached hydrogens (tertiary/aromatic N) is 3. The third-order valence-electron chi connectivity index (χ3n) is 5.29. The average Bonchev–Trinajstić information content (AvgIpc) is 2.68. The fourth-order valence-electron chi connectivity index (χ4n) is 3.93. The summed E-state index contributed by atoms with van der Waals surface area (Å²) in [6, 6.07) is 8.29. The Morgan fingerprint density at radius 2 is 2.14 bits per heavy atom. The number of pyridine rings is 2. The molecule has 1 atom stereocenters. The first-order valence-corrected chi connectivity index (χ1v) is 10.4. The van der Waals surface area contributed by atoms with Crippen LogP contribution < -0.4 is 10.2 Å². The van der Waals surface area contributed by atoms with Crippen LogP contribution in [-0.2, 0) is 6.42 Å². The van der Waals surface area contributed by atoms with Crippen LogP contribution in [-0.4, -0.2) is 41.4 Å². The fourth-order valence-corrected chi connectivity index (χ4v) is 3.93. The Balaban J connectivity index is 1.91. The number of rotatable bonds is 7. The van der Waals surface area contributed by atoms with E-state index in [9.17, 15) is 4.79 Å². The zero-order valence-corrected chi connectivity index (χ0v) is 17.5. The molecule has 3 rings (SSSR count). The summed E-state index contributed by atoms with van der Waals surface area (Å²) < 4.78 is 0. The van der Waals surface area contributed by atoms with Gasteiger partial charge < -0.3 is 10.2 Å². The lowest BCUT2D eigenvalue weighted by atomic mass is 9.99. The molecular formula is C23H32N4O. The van der Waals surface area contributed by atoms with Gasteiger partial charge in [0.15, 0.2) is 0 Å². The van der Waals surface area contributed by atoms with Crippen LogP contribution in [0.4, 0.5) is 5.82 Å². The van der Waals surface area contributed by atoms with Crippen molar-refractivity contribution in [2.45, 2.75) is 53.0 Å². The lowest BCUT2D eigenvalue weighted by Crippen LogP contribution is -2.51. The molecule has 0 bridgehead atoms. The van der Waals surface area contributed by atoms with Crippen LogP contribution in [0.25, 0.3) is 0 Å². The van der Waals surface area contributed by atoms with E-state index in [2.05, 4.69) is 48.1 Å². The highest BCUT2D eigenvalue weighted by atomic mass is 16.1. The minimum Gasteiger partial charge on any atom is -0.354 e. The smallest absolute Gasteiger partial charge is 0.213 e. The first-order chi connectivity index (χ1) is 13.5. The van der Waals surface area contributed by atoms with Crippen LogP contribution in [0.2, 0.25) is 0 Å². The van der Waals surface area contributed by atoms with Crippen molar-refractivity contribution in [1.29, 1.82) is 0 Å². The second-order valence-electron chi connectivity index (χ2n) is 8.12. The van der Waals surface area contributed by atoms with Gasteiger partial charge in [-0.2, -0.15) is 0 Å². The molecule has 1 aliphatic rings. The van der Waals surface area contributed by atoms with Gasteiger partial charge >= 0.3 is 0 Å². The normalized spacial score (nSPS) is 17.2. The maximum absolute atomic E-state index is 13.3. The minimum atomic E-state index is -0.0234. The molecule has 0 saturated carbocycles. The van der Waals surface area contributed by atoms with Gasteiger partial charge in [-0.1, -0.05) is 33.3 Å². The monoisotopic (exact) mass is 380 g/mol. The molecule has 0 radical (unpaired) electrons. The molecule has 5 nitrogen and oxygen atoms in total. The van der Waals surface area contributed by atoms with Crippen LogP contribution in [0, 0.1) is 12.8 Å². The molecule has 0 unspecified atom stereocenters. The largest absolute Gasteiger partial charge is 0.354 e. The lowest BCUT2D eigenvalue weighted by Gasteiger charge is -2.35. The van der Waals surface area contributed by atoms with Crippen LogP contribution in [0.3, 0.4) is 0 Å². The van der Waals surface area contributed by atoms with Gasteiger partial charge in [-0.25, -0.2) is 4.98 Å². The van der Waals surface area contributed by atoms with E-state index in [0.717, 1.165) is 56.0 Å². The Kier molecular flexibility index (Phi) is 6.79. The molecule has 0 amide bonds. The molecule has 1 aliphatic heterocycles. The highest BCUT2D eigenvalue weighted by molar-refractivity contribution is 6.09. The van der Waals surface area contributed by atoms with Crippen molar-refractivity contribution in [2.75, 3.05) is 24.5 Å². The summed E-state index contributed by atoms with van der Waals surface area (Å²) in [6.45, 7) is 11.3. The van der Waals surface area contributed by atoms with E-state index in [4.69, 9.17) is 4.98 Å². The Morgan fingerprint density at radius 3 is 2.86 bits per heavy atom. The Morgan fingerprint density at radius 1 is 1.32 bits per heavy atom. The van der Waals surface area contributed by atoms with Crippen LogP contribution >= 0.6 is 0 Å². The van der Waals surface area contributed by atoms with E-state index < -0.39 is 0 Å². The third-order valence-corrected chi connectivity index (χ3v) is 5.29. The molecule has 0 aliphatic carbocycles. The molecule has 2 aromatic rings. The van der Waals surface area contributed by atoms with Gasteiger partial charge in [0.05, 0.1) is 0 Å². The number of carbonyl (C=O) groups is 1. The topological polar surface area (TPSA) is 58.1 Å². The molecule has 1 saturated heterocycles. The third kappa shape index (κ3) is 4.76. The number of carbonyl (C=O) groups excluding carboxylic acids is 1. The molecule has 150 valence electrons. The first-order valence-electron chi connectivity index (χ1n) is 10.4. The fraction of sp³-hybridized carbons (Fsp3) is 0.522. The van der Waals surface area contributed by atoms with Gasteiger partial charge in [0, 0.05) is 43.1 Å². The van der Waals surface area contributed by atoms with Gasteiger partial charge in [0.25, 0.3) is 0 Å². The lowest BCUT2D eigenvalue weighted by molar-refractivity contribution is 0.103. The predicted octanol–water partition coefficient (Wildman–Crippen LogP) is 3.79. The Labute approximate surface area is 168 Å². The van der Waals surface area contributed by atoms with Gasteiger partial charge in [-0.3, -0.25) is 9.78 Å². The van der Waals surface area contributed by atoms with Crippen molar-refractivity contribution in [2.24, 2.45) is 5.92 Å². The number of piperazine rings is 1. The van der Waals surface area contributed by atoms with E-state index in [1.165, 1.54) is 0 Å². The molecule has 0 spiro atoms. The standard InChI is InChI=1S/C23H32N4O/c1-5-7-18-9-10-21(27-13-12-25-19(15-27)14-16(2)3)26-22(18)23(28)20-8-6-11-24-17(20)4/h6,8-11,16,19,25H,5,7,12-15H2,1-4H3/t19-/m0/s1. The number of hydrogen-bond donors (Lipinski definition) is 1. The van der Waals surface area contributed by atoms with Gasteiger partial charge in [0.2, 0.25) is 5.78 Å². The number of ketones is 1. The number of nitrogens with one attached hydrogen (secondary N) is 1. The van der Waals surface area contributed by atoms with Crippen molar-refractivity contribution in [3.05, 3.63) is 53.0 Å². The summed E-state index contributed by atoms with van der Waals surface area (Å²) in [4.78, 5) is 24.7. The van der Waals surface area contributed by atoms with Gasteiger partial charge in [-0.15, -0.1) is 0 Å².